The second kappa shape index (κ2) is 4.77. The molecule has 1 aliphatic carbocycles. The Hall–Kier alpha value is -1.56. The molecular formula is C14H17F3N2O. The Balaban J connectivity index is 2.21. The average molecular weight is 286 g/mol. The number of hydrogen-bond acceptors (Lipinski definition) is 2. The van der Waals surface area contributed by atoms with Crippen LogP contribution < -0.4 is 11.1 Å². The fraction of sp³-hybridized carbons (Fsp3) is 0.500. The summed E-state index contributed by atoms with van der Waals surface area (Å²) in [6, 6.07) is 3.41. The lowest BCUT2D eigenvalue weighted by molar-refractivity contribution is -0.137. The molecule has 110 valence electrons. The summed E-state index contributed by atoms with van der Waals surface area (Å²) in [5, 5.41) is 2.55. The second-order valence-corrected chi connectivity index (χ2v) is 5.86. The first-order chi connectivity index (χ1) is 9.13. The van der Waals surface area contributed by atoms with E-state index in [0.717, 1.165) is 18.6 Å². The van der Waals surface area contributed by atoms with Gasteiger partial charge in [-0.15, -0.1) is 0 Å². The number of nitrogens with one attached hydrogen (secondary N) is 1. The third-order valence-corrected chi connectivity index (χ3v) is 3.65. The standard InChI is InChI=1S/C14H17F3N2O/c1-13(2)6-11(13)12(20)19-10-4-8(7-18)3-9(5-10)14(15,16)17/h3-5,11H,6-7,18H2,1-2H3,(H,19,20). The van der Waals surface area contributed by atoms with Crippen molar-refractivity contribution in [2.75, 3.05) is 5.32 Å². The van der Waals surface area contributed by atoms with E-state index in [1.165, 1.54) is 6.07 Å². The molecule has 0 bridgehead atoms. The zero-order valence-corrected chi connectivity index (χ0v) is 11.3. The molecule has 20 heavy (non-hydrogen) atoms. The van der Waals surface area contributed by atoms with E-state index in [1.54, 1.807) is 0 Å². The molecule has 0 aliphatic heterocycles. The predicted octanol–water partition coefficient (Wildman–Crippen LogP) is 3.15. The fourth-order valence-corrected chi connectivity index (χ4v) is 2.19. The van der Waals surface area contributed by atoms with Crippen molar-refractivity contribution in [3.63, 3.8) is 0 Å². The number of rotatable bonds is 3. The van der Waals surface area contributed by atoms with Gasteiger partial charge in [0.05, 0.1) is 5.56 Å². The molecule has 2 rings (SSSR count). The lowest BCUT2D eigenvalue weighted by atomic mass is 10.1. The van der Waals surface area contributed by atoms with E-state index in [4.69, 9.17) is 5.73 Å². The quantitative estimate of drug-likeness (QED) is 0.896. The van der Waals surface area contributed by atoms with Crippen LogP contribution in [-0.4, -0.2) is 5.91 Å². The van der Waals surface area contributed by atoms with Crippen LogP contribution in [0, 0.1) is 11.3 Å². The molecule has 0 aromatic heterocycles. The van der Waals surface area contributed by atoms with Gasteiger partial charge in [-0.05, 0) is 35.6 Å². The molecule has 1 saturated carbocycles. The summed E-state index contributed by atoms with van der Waals surface area (Å²) in [4.78, 5) is 11.9. The normalized spacial score (nSPS) is 20.6. The Morgan fingerprint density at radius 3 is 2.45 bits per heavy atom. The predicted molar refractivity (Wildman–Crippen MR) is 69.9 cm³/mol. The van der Waals surface area contributed by atoms with E-state index in [2.05, 4.69) is 5.32 Å². The average Bonchev–Trinajstić information content (AvgIpc) is 2.97. The number of hydrogen-bond donors (Lipinski definition) is 2. The molecule has 6 heteroatoms. The highest BCUT2D eigenvalue weighted by molar-refractivity contribution is 5.95. The summed E-state index contributed by atoms with van der Waals surface area (Å²) in [6.07, 6.45) is -3.70. The number of benzene rings is 1. The Bertz CT molecular complexity index is 538. The van der Waals surface area contributed by atoms with Crippen LogP contribution in [0.1, 0.15) is 31.4 Å². The topological polar surface area (TPSA) is 55.1 Å². The van der Waals surface area contributed by atoms with Crippen LogP contribution in [0.2, 0.25) is 0 Å². The van der Waals surface area contributed by atoms with Crippen molar-refractivity contribution in [3.05, 3.63) is 29.3 Å². The summed E-state index contributed by atoms with van der Waals surface area (Å²) in [7, 11) is 0. The zero-order chi connectivity index (χ0) is 15.1. The van der Waals surface area contributed by atoms with E-state index >= 15 is 0 Å². The minimum absolute atomic E-state index is 0.0122. The maximum absolute atomic E-state index is 12.8. The zero-order valence-electron chi connectivity index (χ0n) is 11.3. The largest absolute Gasteiger partial charge is 0.416 e. The first-order valence-corrected chi connectivity index (χ1v) is 6.35. The summed E-state index contributed by atoms with van der Waals surface area (Å²) in [5.74, 6) is -0.379. The Kier molecular flexibility index (Phi) is 3.54. The molecule has 3 nitrogen and oxygen atoms in total. The molecule has 3 N–H and O–H groups in total. The van der Waals surface area contributed by atoms with Crippen LogP contribution in [0.5, 0.6) is 0 Å². The summed E-state index contributed by atoms with van der Waals surface area (Å²) in [6.45, 7) is 3.89. The van der Waals surface area contributed by atoms with Crippen LogP contribution in [0.4, 0.5) is 18.9 Å². The number of alkyl halides is 3. The fourth-order valence-electron chi connectivity index (χ4n) is 2.19. The molecule has 1 aromatic rings. The van der Waals surface area contributed by atoms with Gasteiger partial charge in [-0.25, -0.2) is 0 Å². The summed E-state index contributed by atoms with van der Waals surface area (Å²) >= 11 is 0. The van der Waals surface area contributed by atoms with Gasteiger partial charge in [-0.3, -0.25) is 4.79 Å². The number of nitrogens with two attached hydrogens (primary N) is 1. The van der Waals surface area contributed by atoms with Gasteiger partial charge in [-0.2, -0.15) is 13.2 Å². The van der Waals surface area contributed by atoms with Crippen molar-refractivity contribution in [3.8, 4) is 0 Å². The Labute approximate surface area is 115 Å². The Morgan fingerprint density at radius 1 is 1.40 bits per heavy atom. The van der Waals surface area contributed by atoms with Crippen molar-refractivity contribution in [1.82, 2.24) is 0 Å². The van der Waals surface area contributed by atoms with Gasteiger partial charge in [0.1, 0.15) is 0 Å². The highest BCUT2D eigenvalue weighted by Crippen LogP contribution is 2.52. The van der Waals surface area contributed by atoms with E-state index in [9.17, 15) is 18.0 Å². The highest BCUT2D eigenvalue weighted by atomic mass is 19.4. The molecule has 1 aliphatic rings. The number of halogens is 3. The van der Waals surface area contributed by atoms with Crippen LogP contribution >= 0.6 is 0 Å². The van der Waals surface area contributed by atoms with Gasteiger partial charge in [0.15, 0.2) is 0 Å². The van der Waals surface area contributed by atoms with E-state index < -0.39 is 11.7 Å². The van der Waals surface area contributed by atoms with Crippen molar-refractivity contribution in [2.24, 2.45) is 17.1 Å². The number of carbonyl (C=O) groups excluding carboxylic acids is 1. The summed E-state index contributed by atoms with van der Waals surface area (Å²) in [5.41, 5.74) is 5.01. The maximum Gasteiger partial charge on any atom is 0.416 e. The minimum Gasteiger partial charge on any atom is -0.326 e. The number of anilines is 1. The van der Waals surface area contributed by atoms with Gasteiger partial charge in [0.2, 0.25) is 5.91 Å². The SMILES string of the molecule is CC1(C)CC1C(=O)Nc1cc(CN)cc(C(F)(F)F)c1. The minimum atomic E-state index is -4.45. The number of carbonyl (C=O) groups is 1. The van der Waals surface area contributed by atoms with Crippen molar-refractivity contribution in [2.45, 2.75) is 33.0 Å². The second-order valence-electron chi connectivity index (χ2n) is 5.86. The molecule has 1 unspecified atom stereocenters. The van der Waals surface area contributed by atoms with Crippen LogP contribution in [0.25, 0.3) is 0 Å². The Morgan fingerprint density at radius 2 is 2.00 bits per heavy atom. The molecule has 1 fully saturated rings. The molecular weight excluding hydrogens is 269 g/mol. The van der Waals surface area contributed by atoms with Gasteiger partial charge in [-0.1, -0.05) is 13.8 Å². The van der Waals surface area contributed by atoms with Gasteiger partial charge in [0.25, 0.3) is 0 Å². The lowest BCUT2D eigenvalue weighted by Gasteiger charge is -2.13. The van der Waals surface area contributed by atoms with Gasteiger partial charge >= 0.3 is 6.18 Å². The molecule has 0 spiro atoms. The van der Waals surface area contributed by atoms with Gasteiger partial charge in [0, 0.05) is 18.2 Å². The maximum atomic E-state index is 12.8. The first kappa shape index (κ1) is 14.8. The van der Waals surface area contributed by atoms with Crippen LogP contribution in [0.15, 0.2) is 18.2 Å². The van der Waals surface area contributed by atoms with Crippen LogP contribution in [0.3, 0.4) is 0 Å². The molecule has 0 radical (unpaired) electrons. The molecule has 0 heterocycles. The first-order valence-electron chi connectivity index (χ1n) is 6.35. The third-order valence-electron chi connectivity index (χ3n) is 3.65. The highest BCUT2D eigenvalue weighted by Gasteiger charge is 2.50. The van der Waals surface area contributed by atoms with Crippen molar-refractivity contribution in [1.29, 1.82) is 0 Å². The van der Waals surface area contributed by atoms with Crippen molar-refractivity contribution >= 4 is 11.6 Å². The molecule has 1 atom stereocenters. The summed E-state index contributed by atoms with van der Waals surface area (Å²) < 4.78 is 38.3. The van der Waals surface area contributed by atoms with E-state index in [-0.39, 0.29) is 29.5 Å². The third kappa shape index (κ3) is 3.12. The lowest BCUT2D eigenvalue weighted by Crippen LogP contribution is -2.17. The van der Waals surface area contributed by atoms with E-state index in [1.807, 2.05) is 13.8 Å². The number of amides is 1. The van der Waals surface area contributed by atoms with Crippen molar-refractivity contribution < 1.29 is 18.0 Å². The molecule has 1 amide bonds. The van der Waals surface area contributed by atoms with Crippen LogP contribution in [-0.2, 0) is 17.5 Å². The monoisotopic (exact) mass is 286 g/mol. The molecule has 0 saturated heterocycles. The van der Waals surface area contributed by atoms with Gasteiger partial charge < -0.3 is 11.1 Å². The van der Waals surface area contributed by atoms with E-state index in [0.29, 0.717) is 5.56 Å². The molecule has 1 aromatic carbocycles. The smallest absolute Gasteiger partial charge is 0.326 e.